The van der Waals surface area contributed by atoms with Gasteiger partial charge in [-0.1, -0.05) is 0 Å². The number of aromatic carboxylic acids is 1. The highest BCUT2D eigenvalue weighted by atomic mass is 19.4. The first-order valence-corrected chi connectivity index (χ1v) is 5.37. The van der Waals surface area contributed by atoms with Crippen LogP contribution in [0.2, 0.25) is 0 Å². The number of carbonyl (C=O) groups is 2. The molecule has 1 atom stereocenters. The van der Waals surface area contributed by atoms with E-state index >= 15 is 0 Å². The molecule has 104 valence electrons. The largest absolute Gasteiger partial charge is 0.476 e. The highest BCUT2D eigenvalue weighted by Crippen LogP contribution is 2.36. The van der Waals surface area contributed by atoms with Gasteiger partial charge >= 0.3 is 18.1 Å². The maximum atomic E-state index is 12.4. The molecule has 1 aromatic rings. The van der Waals surface area contributed by atoms with Gasteiger partial charge in [0.2, 0.25) is 0 Å². The quantitative estimate of drug-likeness (QED) is 0.888. The number of oxazole rings is 1. The van der Waals surface area contributed by atoms with E-state index in [-0.39, 0.29) is 18.7 Å². The van der Waals surface area contributed by atoms with E-state index in [1.165, 1.54) is 0 Å². The van der Waals surface area contributed by atoms with Crippen molar-refractivity contribution in [1.29, 1.82) is 0 Å². The molecule has 6 nitrogen and oxygen atoms in total. The van der Waals surface area contributed by atoms with E-state index in [0.717, 1.165) is 6.39 Å². The summed E-state index contributed by atoms with van der Waals surface area (Å²) in [5.41, 5.74) is -0.466. The predicted molar refractivity (Wildman–Crippen MR) is 53.2 cm³/mol. The van der Waals surface area contributed by atoms with Gasteiger partial charge in [-0.3, -0.25) is 4.79 Å². The van der Waals surface area contributed by atoms with Crippen LogP contribution in [0, 0.1) is 0 Å². The fourth-order valence-corrected chi connectivity index (χ4v) is 2.10. The van der Waals surface area contributed by atoms with Gasteiger partial charge in [-0.2, -0.15) is 13.2 Å². The number of alkyl halides is 3. The van der Waals surface area contributed by atoms with E-state index < -0.39 is 29.8 Å². The summed E-state index contributed by atoms with van der Waals surface area (Å²) in [6, 6.07) is -1.04. The first-order valence-electron chi connectivity index (χ1n) is 5.37. The summed E-state index contributed by atoms with van der Waals surface area (Å²) in [4.78, 5) is 26.1. The summed E-state index contributed by atoms with van der Waals surface area (Å²) in [6.07, 6.45) is -3.61. The lowest BCUT2D eigenvalue weighted by Crippen LogP contribution is -2.40. The molecule has 19 heavy (non-hydrogen) atoms. The summed E-state index contributed by atoms with van der Waals surface area (Å²) >= 11 is 0. The molecular formula is C10H9F3N2O4. The summed E-state index contributed by atoms with van der Waals surface area (Å²) in [6.45, 7) is -0.0945. The lowest BCUT2D eigenvalue weighted by molar-refractivity contribution is -0.186. The van der Waals surface area contributed by atoms with E-state index in [2.05, 4.69) is 4.98 Å². The van der Waals surface area contributed by atoms with Gasteiger partial charge in [-0.05, 0) is 12.8 Å². The van der Waals surface area contributed by atoms with Crippen molar-refractivity contribution in [3.63, 3.8) is 0 Å². The Morgan fingerprint density at radius 2 is 2.16 bits per heavy atom. The number of rotatable bonds is 2. The minimum absolute atomic E-state index is 0.0945. The van der Waals surface area contributed by atoms with E-state index in [1.807, 2.05) is 0 Å². The number of aromatic nitrogens is 1. The smallest absolute Gasteiger partial charge is 0.471 e. The van der Waals surface area contributed by atoms with Crippen molar-refractivity contribution in [3.8, 4) is 0 Å². The third kappa shape index (κ3) is 2.40. The SMILES string of the molecule is O=C(O)c1ncoc1C1CCCN1C(=O)C(F)(F)F. The van der Waals surface area contributed by atoms with Crippen molar-refractivity contribution in [2.75, 3.05) is 6.54 Å². The molecule has 1 fully saturated rings. The Balaban J connectivity index is 2.31. The third-order valence-electron chi connectivity index (χ3n) is 2.86. The van der Waals surface area contributed by atoms with Gasteiger partial charge in [0, 0.05) is 6.54 Å². The van der Waals surface area contributed by atoms with Crippen LogP contribution in [0.1, 0.15) is 35.1 Å². The molecule has 2 rings (SSSR count). The molecule has 0 radical (unpaired) electrons. The second kappa shape index (κ2) is 4.56. The Morgan fingerprint density at radius 3 is 2.74 bits per heavy atom. The molecule has 1 aliphatic heterocycles. The van der Waals surface area contributed by atoms with E-state index in [1.54, 1.807) is 0 Å². The number of carboxylic acid groups (broad SMARTS) is 1. The summed E-state index contributed by atoms with van der Waals surface area (Å²) in [5.74, 6) is -3.62. The number of nitrogens with zero attached hydrogens (tertiary/aromatic N) is 2. The summed E-state index contributed by atoms with van der Waals surface area (Å²) in [5, 5.41) is 8.85. The van der Waals surface area contributed by atoms with Crippen LogP contribution in [0.3, 0.4) is 0 Å². The van der Waals surface area contributed by atoms with Crippen LogP contribution in [0.5, 0.6) is 0 Å². The topological polar surface area (TPSA) is 83.6 Å². The molecule has 1 aromatic heterocycles. The normalized spacial score (nSPS) is 19.7. The van der Waals surface area contributed by atoms with Gasteiger partial charge in [0.05, 0.1) is 6.04 Å². The van der Waals surface area contributed by atoms with Crippen LogP contribution in [-0.2, 0) is 4.79 Å². The third-order valence-corrected chi connectivity index (χ3v) is 2.86. The number of hydrogen-bond acceptors (Lipinski definition) is 4. The molecule has 0 saturated carbocycles. The van der Waals surface area contributed by atoms with E-state index in [4.69, 9.17) is 9.52 Å². The van der Waals surface area contributed by atoms with Gasteiger partial charge in [0.15, 0.2) is 17.8 Å². The second-order valence-corrected chi connectivity index (χ2v) is 4.02. The maximum Gasteiger partial charge on any atom is 0.471 e. The number of halogens is 3. The van der Waals surface area contributed by atoms with Crippen LogP contribution in [0.4, 0.5) is 13.2 Å². The Morgan fingerprint density at radius 1 is 1.47 bits per heavy atom. The van der Waals surface area contributed by atoms with Crippen molar-refractivity contribution < 1.29 is 32.3 Å². The number of likely N-dealkylation sites (tertiary alicyclic amines) is 1. The lowest BCUT2D eigenvalue weighted by Gasteiger charge is -2.24. The first-order chi connectivity index (χ1) is 8.82. The van der Waals surface area contributed by atoms with Gasteiger partial charge < -0.3 is 14.4 Å². The van der Waals surface area contributed by atoms with Crippen molar-refractivity contribution in [3.05, 3.63) is 17.8 Å². The fraction of sp³-hybridized carbons (Fsp3) is 0.500. The second-order valence-electron chi connectivity index (χ2n) is 4.02. The Hall–Kier alpha value is -2.06. The Bertz CT molecular complexity index is 511. The Labute approximate surface area is 104 Å². The highest BCUT2D eigenvalue weighted by molar-refractivity contribution is 5.87. The zero-order valence-electron chi connectivity index (χ0n) is 9.48. The van der Waals surface area contributed by atoms with Crippen LogP contribution < -0.4 is 0 Å². The van der Waals surface area contributed by atoms with E-state index in [0.29, 0.717) is 11.3 Å². The molecule has 0 bridgehead atoms. The number of amides is 1. The summed E-state index contributed by atoms with van der Waals surface area (Å²) in [7, 11) is 0. The molecule has 1 N–H and O–H groups in total. The van der Waals surface area contributed by atoms with Gasteiger partial charge in [-0.25, -0.2) is 9.78 Å². The highest BCUT2D eigenvalue weighted by Gasteiger charge is 2.47. The minimum atomic E-state index is -4.99. The van der Waals surface area contributed by atoms with Crippen LogP contribution >= 0.6 is 0 Å². The van der Waals surface area contributed by atoms with Gasteiger partial charge in [-0.15, -0.1) is 0 Å². The van der Waals surface area contributed by atoms with Crippen molar-refractivity contribution in [2.45, 2.75) is 25.1 Å². The molecule has 9 heteroatoms. The standard InChI is InChI=1S/C10H9F3N2O4/c11-10(12,13)9(18)15-3-1-2-5(15)7-6(8(16)17)14-4-19-7/h4-5H,1-3H2,(H,16,17). The molecule has 0 spiro atoms. The van der Waals surface area contributed by atoms with Crippen molar-refractivity contribution in [1.82, 2.24) is 9.88 Å². The molecule has 1 amide bonds. The average Bonchev–Trinajstić information content (AvgIpc) is 2.94. The van der Waals surface area contributed by atoms with Crippen LogP contribution in [-0.4, -0.2) is 39.6 Å². The Kier molecular flexibility index (Phi) is 3.21. The monoisotopic (exact) mass is 278 g/mol. The average molecular weight is 278 g/mol. The van der Waals surface area contributed by atoms with Crippen molar-refractivity contribution in [2.24, 2.45) is 0 Å². The number of carbonyl (C=O) groups excluding carboxylic acids is 1. The van der Waals surface area contributed by atoms with Crippen LogP contribution in [0.15, 0.2) is 10.8 Å². The van der Waals surface area contributed by atoms with Crippen LogP contribution in [0.25, 0.3) is 0 Å². The molecule has 1 aliphatic rings. The van der Waals surface area contributed by atoms with Gasteiger partial charge in [0.1, 0.15) is 0 Å². The maximum absolute atomic E-state index is 12.4. The number of carboxylic acids is 1. The molecule has 0 aromatic carbocycles. The fourth-order valence-electron chi connectivity index (χ4n) is 2.10. The first kappa shape index (κ1) is 13.4. The zero-order chi connectivity index (χ0) is 14.2. The summed E-state index contributed by atoms with van der Waals surface area (Å²) < 4.78 is 42.1. The zero-order valence-corrected chi connectivity index (χ0v) is 9.48. The lowest BCUT2D eigenvalue weighted by atomic mass is 10.1. The molecule has 2 heterocycles. The molecule has 0 aliphatic carbocycles. The molecule has 1 unspecified atom stereocenters. The number of hydrogen-bond donors (Lipinski definition) is 1. The minimum Gasteiger partial charge on any atom is -0.476 e. The van der Waals surface area contributed by atoms with Crippen molar-refractivity contribution >= 4 is 11.9 Å². The molecule has 1 saturated heterocycles. The predicted octanol–water partition coefficient (Wildman–Crippen LogP) is 1.60. The molecular weight excluding hydrogens is 269 g/mol. The van der Waals surface area contributed by atoms with Gasteiger partial charge in [0.25, 0.3) is 0 Å². The van der Waals surface area contributed by atoms with E-state index in [9.17, 15) is 22.8 Å².